The normalized spacial score (nSPS) is 13.5. The van der Waals surface area contributed by atoms with Gasteiger partial charge in [-0.2, -0.15) is 0 Å². The lowest BCUT2D eigenvalue weighted by Gasteiger charge is -2.10. The molecular weight excluding hydrogens is 226 g/mol. The minimum absolute atomic E-state index is 0.136. The van der Waals surface area contributed by atoms with Crippen LogP contribution < -0.4 is 0 Å². The van der Waals surface area contributed by atoms with Crippen molar-refractivity contribution in [3.05, 3.63) is 45.7 Å². The van der Waals surface area contributed by atoms with Gasteiger partial charge in [0.15, 0.2) is 0 Å². The van der Waals surface area contributed by atoms with E-state index in [-0.39, 0.29) is 15.6 Å². The molecule has 0 fully saturated rings. The monoisotopic (exact) mass is 234 g/mol. The first kappa shape index (κ1) is 11.5. The Morgan fingerprint density at radius 2 is 2.07 bits per heavy atom. The Bertz CT molecular complexity index is 363. The fourth-order valence-corrected chi connectivity index (χ4v) is 1.69. The van der Waals surface area contributed by atoms with Crippen LogP contribution in [-0.4, -0.2) is 5.11 Å². The van der Waals surface area contributed by atoms with E-state index in [9.17, 15) is 9.50 Å². The average Bonchev–Trinajstić information content (AvgIpc) is 2.13. The summed E-state index contributed by atoms with van der Waals surface area (Å²) in [6.07, 6.45) is 2.14. The second kappa shape index (κ2) is 4.78. The molecule has 1 atom stereocenters. The standard InChI is InChI=1S/C10H9Cl2FO/c1-2-3-8(14)9-6(11)4-5-7(13)10(9)12/h2-5,8,14H,1H3. The fraction of sp³-hybridized carbons (Fsp3) is 0.200. The first-order chi connectivity index (χ1) is 6.57. The molecule has 76 valence electrons. The molecule has 1 N–H and O–H groups in total. The number of hydrogen-bond acceptors (Lipinski definition) is 1. The van der Waals surface area contributed by atoms with Crippen molar-refractivity contribution in [2.45, 2.75) is 13.0 Å². The molecule has 0 spiro atoms. The second-order valence-corrected chi connectivity index (χ2v) is 3.51. The van der Waals surface area contributed by atoms with Crippen molar-refractivity contribution in [2.24, 2.45) is 0 Å². The van der Waals surface area contributed by atoms with Gasteiger partial charge in [-0.25, -0.2) is 4.39 Å². The SMILES string of the molecule is CC=CC(O)c1c(Cl)ccc(F)c1Cl. The maximum Gasteiger partial charge on any atom is 0.142 e. The lowest BCUT2D eigenvalue weighted by molar-refractivity contribution is 0.228. The van der Waals surface area contributed by atoms with Gasteiger partial charge in [-0.1, -0.05) is 35.4 Å². The van der Waals surface area contributed by atoms with E-state index >= 15 is 0 Å². The number of hydrogen-bond donors (Lipinski definition) is 1. The van der Waals surface area contributed by atoms with E-state index in [1.54, 1.807) is 13.0 Å². The van der Waals surface area contributed by atoms with E-state index in [1.165, 1.54) is 12.1 Å². The van der Waals surface area contributed by atoms with Crippen LogP contribution in [0.4, 0.5) is 4.39 Å². The van der Waals surface area contributed by atoms with Crippen molar-refractivity contribution in [1.82, 2.24) is 0 Å². The third kappa shape index (κ3) is 2.27. The Labute approximate surface area is 91.8 Å². The highest BCUT2D eigenvalue weighted by atomic mass is 35.5. The smallest absolute Gasteiger partial charge is 0.142 e. The lowest BCUT2D eigenvalue weighted by Crippen LogP contribution is -1.97. The van der Waals surface area contributed by atoms with Gasteiger partial charge in [-0.05, 0) is 19.1 Å². The third-order valence-electron chi connectivity index (χ3n) is 1.75. The Kier molecular flexibility index (Phi) is 3.93. The van der Waals surface area contributed by atoms with E-state index in [2.05, 4.69) is 0 Å². The van der Waals surface area contributed by atoms with Crippen LogP contribution in [0.5, 0.6) is 0 Å². The predicted octanol–water partition coefficient (Wildman–Crippen LogP) is 3.74. The molecule has 0 bridgehead atoms. The summed E-state index contributed by atoms with van der Waals surface area (Å²) in [5, 5.41) is 9.70. The number of benzene rings is 1. The number of rotatable bonds is 2. The highest BCUT2D eigenvalue weighted by molar-refractivity contribution is 6.36. The Morgan fingerprint density at radius 3 is 2.64 bits per heavy atom. The highest BCUT2D eigenvalue weighted by Gasteiger charge is 2.15. The van der Waals surface area contributed by atoms with Gasteiger partial charge in [0.05, 0.1) is 5.02 Å². The van der Waals surface area contributed by atoms with Gasteiger partial charge >= 0.3 is 0 Å². The molecule has 0 amide bonds. The zero-order valence-corrected chi connectivity index (χ0v) is 8.98. The number of allylic oxidation sites excluding steroid dienone is 1. The van der Waals surface area contributed by atoms with E-state index in [1.807, 2.05) is 0 Å². The zero-order valence-electron chi connectivity index (χ0n) is 7.47. The van der Waals surface area contributed by atoms with E-state index in [0.717, 1.165) is 6.07 Å². The molecule has 0 saturated carbocycles. The summed E-state index contributed by atoms with van der Waals surface area (Å²) in [4.78, 5) is 0. The minimum Gasteiger partial charge on any atom is -0.384 e. The van der Waals surface area contributed by atoms with Crippen LogP contribution in [-0.2, 0) is 0 Å². The summed E-state index contributed by atoms with van der Waals surface area (Å²) < 4.78 is 13.0. The van der Waals surface area contributed by atoms with Gasteiger partial charge in [-0.15, -0.1) is 0 Å². The molecule has 0 aliphatic heterocycles. The van der Waals surface area contributed by atoms with Crippen molar-refractivity contribution in [3.8, 4) is 0 Å². The van der Waals surface area contributed by atoms with Gasteiger partial charge in [0.2, 0.25) is 0 Å². The average molecular weight is 235 g/mol. The van der Waals surface area contributed by atoms with Crippen LogP contribution in [0, 0.1) is 5.82 Å². The molecule has 1 nitrogen and oxygen atoms in total. The van der Waals surface area contributed by atoms with Crippen LogP contribution in [0.3, 0.4) is 0 Å². The van der Waals surface area contributed by atoms with Crippen LogP contribution in [0.15, 0.2) is 24.3 Å². The molecular formula is C10H9Cl2FO. The topological polar surface area (TPSA) is 20.2 Å². The molecule has 0 aliphatic carbocycles. The van der Waals surface area contributed by atoms with E-state index in [4.69, 9.17) is 23.2 Å². The van der Waals surface area contributed by atoms with Crippen molar-refractivity contribution < 1.29 is 9.50 Å². The molecule has 0 heterocycles. The quantitative estimate of drug-likeness (QED) is 0.611. The molecule has 4 heteroatoms. The van der Waals surface area contributed by atoms with Gasteiger partial charge in [0.1, 0.15) is 11.9 Å². The van der Waals surface area contributed by atoms with Crippen molar-refractivity contribution in [2.75, 3.05) is 0 Å². The highest BCUT2D eigenvalue weighted by Crippen LogP contribution is 2.32. The van der Waals surface area contributed by atoms with E-state index in [0.29, 0.717) is 0 Å². The summed E-state index contributed by atoms with van der Waals surface area (Å²) in [5.41, 5.74) is 0.200. The lowest BCUT2D eigenvalue weighted by atomic mass is 10.1. The van der Waals surface area contributed by atoms with Gasteiger partial charge in [0, 0.05) is 10.6 Å². The molecule has 1 rings (SSSR count). The zero-order chi connectivity index (χ0) is 10.7. The summed E-state index contributed by atoms with van der Waals surface area (Å²) >= 11 is 11.5. The first-order valence-corrected chi connectivity index (χ1v) is 4.77. The molecule has 0 saturated heterocycles. The number of halogens is 3. The Hall–Kier alpha value is -0.570. The van der Waals surface area contributed by atoms with Crippen LogP contribution >= 0.6 is 23.2 Å². The van der Waals surface area contributed by atoms with Crippen molar-refractivity contribution in [1.29, 1.82) is 0 Å². The maximum absolute atomic E-state index is 13.0. The molecule has 14 heavy (non-hydrogen) atoms. The summed E-state index contributed by atoms with van der Waals surface area (Å²) in [7, 11) is 0. The Balaban J connectivity index is 3.24. The summed E-state index contributed by atoms with van der Waals surface area (Å²) in [5.74, 6) is -0.588. The molecule has 1 aromatic carbocycles. The Morgan fingerprint density at radius 1 is 1.43 bits per heavy atom. The second-order valence-electron chi connectivity index (χ2n) is 2.73. The van der Waals surface area contributed by atoms with Crippen LogP contribution in [0.25, 0.3) is 0 Å². The van der Waals surface area contributed by atoms with Gasteiger partial charge in [-0.3, -0.25) is 0 Å². The molecule has 0 radical (unpaired) electrons. The summed E-state index contributed by atoms with van der Waals surface area (Å²) in [6, 6.07) is 2.53. The van der Waals surface area contributed by atoms with Crippen molar-refractivity contribution in [3.63, 3.8) is 0 Å². The van der Waals surface area contributed by atoms with Crippen LogP contribution in [0.2, 0.25) is 10.0 Å². The molecule has 1 unspecified atom stereocenters. The third-order valence-corrected chi connectivity index (χ3v) is 2.46. The predicted molar refractivity (Wildman–Crippen MR) is 56.2 cm³/mol. The van der Waals surface area contributed by atoms with Crippen molar-refractivity contribution >= 4 is 23.2 Å². The summed E-state index contributed by atoms with van der Waals surface area (Å²) in [6.45, 7) is 1.74. The molecule has 0 aromatic heterocycles. The van der Waals surface area contributed by atoms with Gasteiger partial charge in [0.25, 0.3) is 0 Å². The number of aliphatic hydroxyl groups excluding tert-OH is 1. The van der Waals surface area contributed by atoms with Gasteiger partial charge < -0.3 is 5.11 Å². The first-order valence-electron chi connectivity index (χ1n) is 4.02. The molecule has 1 aromatic rings. The maximum atomic E-state index is 13.0. The minimum atomic E-state index is -0.976. The fourth-order valence-electron chi connectivity index (χ4n) is 1.09. The van der Waals surface area contributed by atoms with Crippen LogP contribution in [0.1, 0.15) is 18.6 Å². The largest absolute Gasteiger partial charge is 0.384 e. The van der Waals surface area contributed by atoms with E-state index < -0.39 is 11.9 Å². The molecule has 0 aliphatic rings. The number of aliphatic hydroxyl groups is 1.